The molecule has 1 N–H and O–H groups in total. The summed E-state index contributed by atoms with van der Waals surface area (Å²) >= 11 is 0. The Morgan fingerprint density at radius 1 is 1.44 bits per heavy atom. The maximum absolute atomic E-state index is 12.8. The molecule has 1 aromatic rings. The number of carboxylic acids is 1. The minimum absolute atomic E-state index is 0.0536. The van der Waals surface area contributed by atoms with Gasteiger partial charge in [-0.25, -0.2) is 0 Å². The van der Waals surface area contributed by atoms with Crippen LogP contribution in [0, 0.1) is 5.92 Å². The van der Waals surface area contributed by atoms with Gasteiger partial charge < -0.3 is 9.84 Å². The van der Waals surface area contributed by atoms with Gasteiger partial charge in [0.2, 0.25) is 0 Å². The van der Waals surface area contributed by atoms with Gasteiger partial charge in [0.15, 0.2) is 0 Å². The molecule has 3 nitrogen and oxygen atoms in total. The Morgan fingerprint density at radius 3 is 2.50 bits per heavy atom. The van der Waals surface area contributed by atoms with Crippen LogP contribution in [-0.2, 0) is 17.4 Å². The zero-order chi connectivity index (χ0) is 13.9. The zero-order valence-electron chi connectivity index (χ0n) is 9.91. The van der Waals surface area contributed by atoms with Crippen molar-refractivity contribution < 1.29 is 27.8 Å². The number of hydrogen-bond donors (Lipinski definition) is 1. The van der Waals surface area contributed by atoms with E-state index in [4.69, 9.17) is 9.84 Å². The van der Waals surface area contributed by atoms with Crippen molar-refractivity contribution >= 4 is 5.97 Å². The molecule has 18 heavy (non-hydrogen) atoms. The molecule has 0 aliphatic carbocycles. The average Bonchev–Trinajstić information content (AvgIpc) is 2.27. The van der Waals surface area contributed by atoms with E-state index >= 15 is 0 Å². The highest BCUT2D eigenvalue weighted by molar-refractivity contribution is 5.70. The molecular formula is C12H13F3O3. The molecule has 0 radical (unpaired) electrons. The predicted octanol–water partition coefficient (Wildman–Crippen LogP) is 2.98. The summed E-state index contributed by atoms with van der Waals surface area (Å²) in [5.74, 6) is -2.01. The van der Waals surface area contributed by atoms with Crippen molar-refractivity contribution in [3.63, 3.8) is 0 Å². The number of rotatable bonds is 4. The van der Waals surface area contributed by atoms with Crippen LogP contribution in [0.2, 0.25) is 0 Å². The first-order valence-corrected chi connectivity index (χ1v) is 5.23. The first-order valence-electron chi connectivity index (χ1n) is 5.23. The molecule has 1 unspecified atom stereocenters. The van der Waals surface area contributed by atoms with Crippen LogP contribution in [-0.4, -0.2) is 18.2 Å². The van der Waals surface area contributed by atoms with E-state index in [1.54, 1.807) is 0 Å². The number of carbonyl (C=O) groups is 1. The third-order valence-corrected chi connectivity index (χ3v) is 2.59. The van der Waals surface area contributed by atoms with Crippen LogP contribution in [0.1, 0.15) is 18.1 Å². The molecule has 0 saturated heterocycles. The van der Waals surface area contributed by atoms with E-state index in [2.05, 4.69) is 0 Å². The number of methoxy groups -OCH3 is 1. The largest absolute Gasteiger partial charge is 0.496 e. The van der Waals surface area contributed by atoms with Gasteiger partial charge in [-0.05, 0) is 18.6 Å². The number of halogens is 3. The Morgan fingerprint density at radius 2 is 2.06 bits per heavy atom. The van der Waals surface area contributed by atoms with Crippen LogP contribution in [0.3, 0.4) is 0 Å². The lowest BCUT2D eigenvalue weighted by Crippen LogP contribution is -2.17. The van der Waals surface area contributed by atoms with E-state index in [1.165, 1.54) is 26.2 Å². The molecule has 0 aliphatic heterocycles. The zero-order valence-corrected chi connectivity index (χ0v) is 9.91. The first kappa shape index (κ1) is 14.3. The van der Waals surface area contributed by atoms with E-state index in [0.29, 0.717) is 0 Å². The van der Waals surface area contributed by atoms with E-state index in [-0.39, 0.29) is 17.7 Å². The van der Waals surface area contributed by atoms with Crippen LogP contribution >= 0.6 is 0 Å². The second-order valence-corrected chi connectivity index (χ2v) is 3.93. The molecular weight excluding hydrogens is 249 g/mol. The lowest BCUT2D eigenvalue weighted by atomic mass is 9.95. The Kier molecular flexibility index (Phi) is 4.21. The fraction of sp³-hybridized carbons (Fsp3) is 0.417. The molecule has 0 fully saturated rings. The number of benzene rings is 1. The Labute approximate surface area is 102 Å². The Bertz CT molecular complexity index is 441. The van der Waals surface area contributed by atoms with Gasteiger partial charge in [-0.15, -0.1) is 0 Å². The summed E-state index contributed by atoms with van der Waals surface area (Å²) < 4.78 is 43.3. The Hall–Kier alpha value is -1.72. The van der Waals surface area contributed by atoms with Gasteiger partial charge in [0.25, 0.3) is 0 Å². The lowest BCUT2D eigenvalue weighted by Gasteiger charge is -2.17. The van der Waals surface area contributed by atoms with Crippen molar-refractivity contribution in [3.8, 4) is 5.75 Å². The van der Waals surface area contributed by atoms with Crippen molar-refractivity contribution in [2.24, 2.45) is 5.92 Å². The highest BCUT2D eigenvalue weighted by Crippen LogP contribution is 2.37. The Balaban J connectivity index is 3.24. The van der Waals surface area contributed by atoms with Crippen molar-refractivity contribution in [1.29, 1.82) is 0 Å². The van der Waals surface area contributed by atoms with Crippen molar-refractivity contribution in [3.05, 3.63) is 29.3 Å². The van der Waals surface area contributed by atoms with E-state index in [9.17, 15) is 18.0 Å². The average molecular weight is 262 g/mol. The smallest absolute Gasteiger partial charge is 0.416 e. The van der Waals surface area contributed by atoms with Crippen molar-refractivity contribution in [1.82, 2.24) is 0 Å². The minimum Gasteiger partial charge on any atom is -0.496 e. The summed E-state index contributed by atoms with van der Waals surface area (Å²) in [6.07, 6.45) is -4.75. The van der Waals surface area contributed by atoms with Gasteiger partial charge in [0.1, 0.15) is 5.75 Å². The van der Waals surface area contributed by atoms with Gasteiger partial charge in [-0.1, -0.05) is 13.0 Å². The molecule has 0 bridgehead atoms. The van der Waals surface area contributed by atoms with Crippen LogP contribution in [0.15, 0.2) is 18.2 Å². The number of carboxylic acid groups (broad SMARTS) is 1. The maximum Gasteiger partial charge on any atom is 0.416 e. The van der Waals surface area contributed by atoms with Crippen molar-refractivity contribution in [2.45, 2.75) is 19.5 Å². The first-order chi connectivity index (χ1) is 8.27. The molecule has 1 aromatic carbocycles. The van der Waals surface area contributed by atoms with Crippen molar-refractivity contribution in [2.75, 3.05) is 7.11 Å². The monoisotopic (exact) mass is 262 g/mol. The molecule has 0 heterocycles. The third kappa shape index (κ3) is 3.15. The summed E-state index contributed by atoms with van der Waals surface area (Å²) in [6.45, 7) is 1.36. The third-order valence-electron chi connectivity index (χ3n) is 2.59. The second kappa shape index (κ2) is 5.29. The van der Waals surface area contributed by atoms with Crippen LogP contribution in [0.4, 0.5) is 13.2 Å². The van der Waals surface area contributed by atoms with Crippen LogP contribution in [0.25, 0.3) is 0 Å². The molecule has 100 valence electrons. The van der Waals surface area contributed by atoms with Gasteiger partial charge in [0, 0.05) is 5.56 Å². The standard InChI is InChI=1S/C12H13F3O3/c1-7(11(16)17)6-8-9(12(13,14)15)4-3-5-10(8)18-2/h3-5,7H,6H2,1-2H3,(H,16,17). The SMILES string of the molecule is COc1cccc(C(F)(F)F)c1CC(C)C(=O)O. The molecule has 1 atom stereocenters. The number of alkyl halides is 3. The highest BCUT2D eigenvalue weighted by atomic mass is 19.4. The summed E-state index contributed by atoms with van der Waals surface area (Å²) in [5.41, 5.74) is -0.975. The minimum atomic E-state index is -4.53. The van der Waals surface area contributed by atoms with Gasteiger partial charge in [-0.3, -0.25) is 4.79 Å². The second-order valence-electron chi connectivity index (χ2n) is 3.93. The number of aliphatic carboxylic acids is 1. The molecule has 0 spiro atoms. The van der Waals surface area contributed by atoms with Gasteiger partial charge in [0.05, 0.1) is 18.6 Å². The van der Waals surface area contributed by atoms with E-state index < -0.39 is 23.6 Å². The topological polar surface area (TPSA) is 46.5 Å². The van der Waals surface area contributed by atoms with E-state index in [1.807, 2.05) is 0 Å². The summed E-state index contributed by atoms with van der Waals surface area (Å²) in [5, 5.41) is 8.78. The summed E-state index contributed by atoms with van der Waals surface area (Å²) in [7, 11) is 1.25. The highest BCUT2D eigenvalue weighted by Gasteiger charge is 2.35. The quantitative estimate of drug-likeness (QED) is 0.907. The summed E-state index contributed by atoms with van der Waals surface area (Å²) in [4.78, 5) is 10.7. The molecule has 0 aromatic heterocycles. The molecule has 6 heteroatoms. The van der Waals surface area contributed by atoms with Gasteiger partial charge >= 0.3 is 12.1 Å². The fourth-order valence-corrected chi connectivity index (χ4v) is 1.63. The van der Waals surface area contributed by atoms with Gasteiger partial charge in [-0.2, -0.15) is 13.2 Å². The van der Waals surface area contributed by atoms with Crippen LogP contribution in [0.5, 0.6) is 5.75 Å². The molecule has 1 rings (SSSR count). The molecule has 0 aliphatic rings. The molecule has 0 saturated carbocycles. The van der Waals surface area contributed by atoms with Crippen LogP contribution < -0.4 is 4.74 Å². The number of ether oxygens (including phenoxy) is 1. The maximum atomic E-state index is 12.8. The summed E-state index contributed by atoms with van der Waals surface area (Å²) in [6, 6.07) is 3.54. The predicted molar refractivity (Wildman–Crippen MR) is 58.5 cm³/mol. The number of hydrogen-bond acceptors (Lipinski definition) is 2. The molecule has 0 amide bonds. The lowest BCUT2D eigenvalue weighted by molar-refractivity contribution is -0.142. The fourth-order valence-electron chi connectivity index (χ4n) is 1.63. The van der Waals surface area contributed by atoms with E-state index in [0.717, 1.165) is 6.07 Å². The normalized spacial score (nSPS) is 13.2.